The van der Waals surface area contributed by atoms with Gasteiger partial charge in [-0.3, -0.25) is 30.0 Å². The number of hydrazine groups is 1. The predicted octanol–water partition coefficient (Wildman–Crippen LogP) is 3.52. The maximum atomic E-state index is 13.4. The summed E-state index contributed by atoms with van der Waals surface area (Å²) in [5, 5.41) is 10.7. The number of amides is 3. The third kappa shape index (κ3) is 10.1. The van der Waals surface area contributed by atoms with Crippen LogP contribution in [0.5, 0.6) is 0 Å². The van der Waals surface area contributed by atoms with Crippen molar-refractivity contribution in [3.63, 3.8) is 0 Å². The molecule has 3 atom stereocenters. The second-order valence-corrected chi connectivity index (χ2v) is 9.58. The Balaban J connectivity index is 3.15. The summed E-state index contributed by atoms with van der Waals surface area (Å²) in [5.74, 6) is -2.77. The Morgan fingerprint density at radius 3 is 2.21 bits per heavy atom. The fraction of sp³-hybridized carbons (Fsp3) is 0.577. The Hall–Kier alpha value is -2.71. The molecule has 0 aliphatic rings. The lowest BCUT2D eigenvalue weighted by Crippen LogP contribution is -2.56. The van der Waals surface area contributed by atoms with Gasteiger partial charge in [-0.05, 0) is 36.7 Å². The van der Waals surface area contributed by atoms with Crippen molar-refractivity contribution in [2.75, 3.05) is 6.54 Å². The van der Waals surface area contributed by atoms with E-state index in [1.54, 1.807) is 5.48 Å². The van der Waals surface area contributed by atoms with E-state index < -0.39 is 29.7 Å². The summed E-state index contributed by atoms with van der Waals surface area (Å²) in [5.41, 5.74) is 11.5. The van der Waals surface area contributed by atoms with E-state index in [1.165, 1.54) is 5.01 Å². The van der Waals surface area contributed by atoms with E-state index in [-0.39, 0.29) is 24.2 Å². The van der Waals surface area contributed by atoms with Gasteiger partial charge in [0, 0.05) is 6.54 Å². The average Bonchev–Trinajstić information content (AvgIpc) is 2.79. The Morgan fingerprint density at radius 2 is 1.68 bits per heavy atom. The highest BCUT2D eigenvalue weighted by Crippen LogP contribution is 2.26. The molecule has 8 nitrogen and oxygen atoms in total. The van der Waals surface area contributed by atoms with Gasteiger partial charge in [-0.25, -0.2) is 5.48 Å². The molecule has 0 fully saturated rings. The van der Waals surface area contributed by atoms with Crippen molar-refractivity contribution in [1.29, 1.82) is 0 Å². The highest BCUT2D eigenvalue weighted by molar-refractivity contribution is 5.89. The van der Waals surface area contributed by atoms with Gasteiger partial charge >= 0.3 is 0 Å². The van der Waals surface area contributed by atoms with Crippen molar-refractivity contribution in [1.82, 2.24) is 15.9 Å². The number of hydroxylamine groups is 1. The summed E-state index contributed by atoms with van der Waals surface area (Å²) in [6.45, 7) is 10.1. The van der Waals surface area contributed by atoms with Crippen LogP contribution in [0.25, 0.3) is 6.08 Å². The molecule has 0 aliphatic heterocycles. The van der Waals surface area contributed by atoms with Crippen LogP contribution in [-0.2, 0) is 14.4 Å². The van der Waals surface area contributed by atoms with Crippen molar-refractivity contribution >= 4 is 23.8 Å². The van der Waals surface area contributed by atoms with Crippen LogP contribution in [0.15, 0.2) is 36.4 Å². The molecule has 5 N–H and O–H groups in total. The predicted molar refractivity (Wildman–Crippen MR) is 134 cm³/mol. The van der Waals surface area contributed by atoms with E-state index in [9.17, 15) is 19.6 Å². The molecule has 0 radical (unpaired) electrons. The summed E-state index contributed by atoms with van der Waals surface area (Å²) in [6.07, 6.45) is 5.62. The third-order valence-electron chi connectivity index (χ3n) is 5.47. The molecule has 0 aromatic heterocycles. The normalized spacial score (nSPS) is 14.1. The second-order valence-electron chi connectivity index (χ2n) is 9.58. The molecular weight excluding hydrogens is 432 g/mol. The molecule has 0 heterocycles. The molecule has 34 heavy (non-hydrogen) atoms. The first-order valence-corrected chi connectivity index (χ1v) is 12.1. The standard InChI is InChI=1S/C26H42N4O4/c1-6-11-23(27)26(33)30(17-19(4)5)28-24(31)22(16-18(2)3)21(25(32)29-34)15-10-14-20-12-8-7-9-13-20/h7-10,12-14,18-19,21-23,34H,6,11,15-17,27H2,1-5H3,(H,28,31)(H,29,32)/b14-10+/t21-,22+,23+/m0/s1. The first kappa shape index (κ1) is 29.3. The van der Waals surface area contributed by atoms with Gasteiger partial charge in [0.05, 0.1) is 17.9 Å². The van der Waals surface area contributed by atoms with Crippen LogP contribution in [-0.4, -0.2) is 40.5 Å². The maximum absolute atomic E-state index is 13.4. The van der Waals surface area contributed by atoms with E-state index in [0.29, 0.717) is 19.4 Å². The number of hydrogen-bond acceptors (Lipinski definition) is 5. The molecule has 0 bridgehead atoms. The van der Waals surface area contributed by atoms with Gasteiger partial charge in [0.2, 0.25) is 11.8 Å². The van der Waals surface area contributed by atoms with E-state index in [0.717, 1.165) is 12.0 Å². The second kappa shape index (κ2) is 15.2. The summed E-state index contributed by atoms with van der Waals surface area (Å²) < 4.78 is 0. The molecular formula is C26H42N4O4. The quantitative estimate of drug-likeness (QED) is 0.257. The molecule has 8 heteroatoms. The van der Waals surface area contributed by atoms with Crippen molar-refractivity contribution in [3.05, 3.63) is 42.0 Å². The number of nitrogens with zero attached hydrogens (tertiary/aromatic N) is 1. The first-order valence-electron chi connectivity index (χ1n) is 12.1. The number of benzene rings is 1. The Kier molecular flexibility index (Phi) is 13.1. The number of allylic oxidation sites excluding steroid dienone is 1. The minimum absolute atomic E-state index is 0.104. The Labute approximate surface area is 203 Å². The van der Waals surface area contributed by atoms with E-state index >= 15 is 0 Å². The summed E-state index contributed by atoms with van der Waals surface area (Å²) >= 11 is 0. The largest absolute Gasteiger partial charge is 0.320 e. The van der Waals surface area contributed by atoms with Crippen LogP contribution in [0.1, 0.15) is 65.9 Å². The van der Waals surface area contributed by atoms with E-state index in [2.05, 4.69) is 5.43 Å². The zero-order valence-electron chi connectivity index (χ0n) is 21.2. The van der Waals surface area contributed by atoms with Crippen LogP contribution < -0.4 is 16.6 Å². The topological polar surface area (TPSA) is 125 Å². The molecule has 3 amide bonds. The number of nitrogens with one attached hydrogen (secondary N) is 2. The monoisotopic (exact) mass is 474 g/mol. The Morgan fingerprint density at radius 1 is 1.03 bits per heavy atom. The van der Waals surface area contributed by atoms with Gasteiger partial charge in [-0.1, -0.05) is 83.5 Å². The van der Waals surface area contributed by atoms with Gasteiger partial charge in [-0.15, -0.1) is 0 Å². The molecule has 1 rings (SSSR count). The molecule has 0 saturated heterocycles. The molecule has 0 aliphatic carbocycles. The highest BCUT2D eigenvalue weighted by Gasteiger charge is 2.35. The van der Waals surface area contributed by atoms with Crippen LogP contribution >= 0.6 is 0 Å². The minimum atomic E-state index is -0.812. The van der Waals surface area contributed by atoms with E-state index in [4.69, 9.17) is 5.73 Å². The molecule has 1 aromatic rings. The molecule has 190 valence electrons. The third-order valence-corrected chi connectivity index (χ3v) is 5.47. The fourth-order valence-corrected chi connectivity index (χ4v) is 3.82. The number of nitrogens with two attached hydrogens (primary N) is 1. The highest BCUT2D eigenvalue weighted by atomic mass is 16.5. The lowest BCUT2D eigenvalue weighted by Gasteiger charge is -2.31. The van der Waals surface area contributed by atoms with Crippen LogP contribution in [0.4, 0.5) is 0 Å². The summed E-state index contributed by atoms with van der Waals surface area (Å²) in [7, 11) is 0. The number of carbonyl (C=O) groups excluding carboxylic acids is 3. The number of rotatable bonds is 13. The SMILES string of the molecule is CCC[C@@H](N)C(=O)N(CC(C)C)NC(=O)[C@H](CC(C)C)[C@H](C/C=C/c1ccccc1)C(=O)NO. The summed E-state index contributed by atoms with van der Waals surface area (Å²) in [4.78, 5) is 38.9. The zero-order chi connectivity index (χ0) is 25.7. The fourth-order valence-electron chi connectivity index (χ4n) is 3.82. The minimum Gasteiger partial charge on any atom is -0.320 e. The average molecular weight is 475 g/mol. The zero-order valence-corrected chi connectivity index (χ0v) is 21.2. The molecule has 0 spiro atoms. The lowest BCUT2D eigenvalue weighted by molar-refractivity contribution is -0.148. The number of carbonyl (C=O) groups is 3. The molecule has 0 saturated carbocycles. The summed E-state index contributed by atoms with van der Waals surface area (Å²) in [6, 6.07) is 8.90. The number of hydrogen-bond donors (Lipinski definition) is 4. The molecule has 0 unspecified atom stereocenters. The van der Waals surface area contributed by atoms with Crippen molar-refractivity contribution in [2.24, 2.45) is 29.4 Å². The Bertz CT molecular complexity index is 795. The van der Waals surface area contributed by atoms with Gasteiger partial charge in [0.25, 0.3) is 5.91 Å². The van der Waals surface area contributed by atoms with Crippen LogP contribution in [0.2, 0.25) is 0 Å². The van der Waals surface area contributed by atoms with Gasteiger partial charge in [0.1, 0.15) is 0 Å². The maximum Gasteiger partial charge on any atom is 0.257 e. The van der Waals surface area contributed by atoms with Crippen molar-refractivity contribution in [3.8, 4) is 0 Å². The smallest absolute Gasteiger partial charge is 0.257 e. The lowest BCUT2D eigenvalue weighted by atomic mass is 9.82. The van der Waals surface area contributed by atoms with E-state index in [1.807, 2.05) is 77.1 Å². The van der Waals surface area contributed by atoms with Crippen molar-refractivity contribution in [2.45, 2.75) is 66.3 Å². The van der Waals surface area contributed by atoms with Crippen LogP contribution in [0.3, 0.4) is 0 Å². The van der Waals surface area contributed by atoms with Crippen molar-refractivity contribution < 1.29 is 19.6 Å². The molecule has 1 aromatic carbocycles. The van der Waals surface area contributed by atoms with Gasteiger partial charge in [-0.2, -0.15) is 0 Å². The first-order chi connectivity index (χ1) is 16.1. The van der Waals surface area contributed by atoms with Crippen LogP contribution in [0, 0.1) is 23.7 Å². The van der Waals surface area contributed by atoms with Gasteiger partial charge < -0.3 is 5.73 Å². The van der Waals surface area contributed by atoms with Gasteiger partial charge in [0.15, 0.2) is 0 Å².